The highest BCUT2D eigenvalue weighted by atomic mass is 32.2. The highest BCUT2D eigenvalue weighted by Crippen LogP contribution is 2.35. The van der Waals surface area contributed by atoms with E-state index in [1.54, 1.807) is 18.7 Å². The topological polar surface area (TPSA) is 35.5 Å². The number of aryl methyl sites for hydroxylation is 3. The van der Waals surface area contributed by atoms with Crippen LogP contribution in [0.25, 0.3) is 0 Å². The van der Waals surface area contributed by atoms with Gasteiger partial charge in [-0.1, -0.05) is 29.5 Å². The SMILES string of the molecule is CCOC(=O)C1C=C(Sc2c(C)cc(C)cc2C)CO1. The maximum absolute atomic E-state index is 11.6. The molecule has 0 aliphatic carbocycles. The predicted octanol–water partition coefficient (Wildman–Crippen LogP) is 3.55. The molecule has 1 unspecified atom stereocenters. The number of hydrogen-bond donors (Lipinski definition) is 0. The molecule has 0 aromatic heterocycles. The molecule has 0 radical (unpaired) electrons. The summed E-state index contributed by atoms with van der Waals surface area (Å²) < 4.78 is 10.4. The van der Waals surface area contributed by atoms with Crippen LogP contribution in [-0.4, -0.2) is 25.3 Å². The Bertz CT molecular complexity index is 526. The summed E-state index contributed by atoms with van der Waals surface area (Å²) in [4.78, 5) is 13.9. The fourth-order valence-corrected chi connectivity index (χ4v) is 3.34. The summed E-state index contributed by atoms with van der Waals surface area (Å²) in [5.74, 6) is -0.305. The highest BCUT2D eigenvalue weighted by Gasteiger charge is 2.25. The zero-order chi connectivity index (χ0) is 14.7. The number of esters is 1. The van der Waals surface area contributed by atoms with E-state index in [9.17, 15) is 4.79 Å². The van der Waals surface area contributed by atoms with Gasteiger partial charge in [0.25, 0.3) is 0 Å². The summed E-state index contributed by atoms with van der Waals surface area (Å²) in [7, 11) is 0. The third-order valence-corrected chi connectivity index (χ3v) is 4.46. The molecule has 1 atom stereocenters. The van der Waals surface area contributed by atoms with Gasteiger partial charge in [0.05, 0.1) is 13.2 Å². The second-order valence-electron chi connectivity index (χ2n) is 4.95. The number of rotatable bonds is 4. The quantitative estimate of drug-likeness (QED) is 0.795. The first kappa shape index (κ1) is 15.1. The molecular weight excluding hydrogens is 272 g/mol. The summed E-state index contributed by atoms with van der Waals surface area (Å²) in [6, 6.07) is 4.35. The minimum absolute atomic E-state index is 0.305. The van der Waals surface area contributed by atoms with Crippen molar-refractivity contribution in [1.82, 2.24) is 0 Å². The molecule has 0 N–H and O–H groups in total. The summed E-state index contributed by atoms with van der Waals surface area (Å²) in [6.07, 6.45) is 1.31. The lowest BCUT2D eigenvalue weighted by Crippen LogP contribution is -2.21. The molecule has 3 nitrogen and oxygen atoms in total. The van der Waals surface area contributed by atoms with E-state index in [2.05, 4.69) is 32.9 Å². The van der Waals surface area contributed by atoms with Crippen molar-refractivity contribution in [3.8, 4) is 0 Å². The average Bonchev–Trinajstić information content (AvgIpc) is 2.82. The van der Waals surface area contributed by atoms with Gasteiger partial charge in [0.1, 0.15) is 0 Å². The lowest BCUT2D eigenvalue weighted by Gasteiger charge is -2.10. The van der Waals surface area contributed by atoms with Crippen LogP contribution >= 0.6 is 11.8 Å². The first-order valence-corrected chi connectivity index (χ1v) is 7.57. The molecule has 0 saturated heterocycles. The van der Waals surface area contributed by atoms with E-state index < -0.39 is 6.10 Å². The maximum Gasteiger partial charge on any atom is 0.339 e. The zero-order valence-electron chi connectivity index (χ0n) is 12.4. The molecular formula is C16H20O3S. The molecule has 0 saturated carbocycles. The van der Waals surface area contributed by atoms with Crippen molar-refractivity contribution >= 4 is 17.7 Å². The van der Waals surface area contributed by atoms with E-state index in [0.29, 0.717) is 13.2 Å². The molecule has 1 aliphatic rings. The van der Waals surface area contributed by atoms with Crippen LogP contribution in [0.5, 0.6) is 0 Å². The number of thioether (sulfide) groups is 1. The third-order valence-electron chi connectivity index (χ3n) is 3.10. The van der Waals surface area contributed by atoms with E-state index in [0.717, 1.165) is 4.91 Å². The fraction of sp³-hybridized carbons (Fsp3) is 0.438. The fourth-order valence-electron chi connectivity index (χ4n) is 2.32. The molecule has 0 spiro atoms. The summed E-state index contributed by atoms with van der Waals surface area (Å²) in [6.45, 7) is 8.98. The average molecular weight is 292 g/mol. The van der Waals surface area contributed by atoms with E-state index >= 15 is 0 Å². The van der Waals surface area contributed by atoms with Crippen molar-refractivity contribution in [2.24, 2.45) is 0 Å². The number of ether oxygens (including phenoxy) is 2. The Labute approximate surface area is 124 Å². The van der Waals surface area contributed by atoms with Crippen molar-refractivity contribution in [2.75, 3.05) is 13.2 Å². The Hall–Kier alpha value is -1.26. The zero-order valence-corrected chi connectivity index (χ0v) is 13.2. The van der Waals surface area contributed by atoms with Crippen LogP contribution in [0.3, 0.4) is 0 Å². The first-order valence-electron chi connectivity index (χ1n) is 6.76. The van der Waals surface area contributed by atoms with Gasteiger partial charge in [-0.2, -0.15) is 0 Å². The minimum Gasteiger partial charge on any atom is -0.464 e. The van der Waals surface area contributed by atoms with E-state index in [1.807, 2.05) is 6.08 Å². The van der Waals surface area contributed by atoms with Gasteiger partial charge in [-0.05, 0) is 44.9 Å². The molecule has 2 rings (SSSR count). The van der Waals surface area contributed by atoms with Gasteiger partial charge in [0.15, 0.2) is 6.10 Å². The number of carbonyl (C=O) groups is 1. The Kier molecular flexibility index (Phi) is 4.89. The number of benzene rings is 1. The Morgan fingerprint density at radius 3 is 2.60 bits per heavy atom. The monoisotopic (exact) mass is 292 g/mol. The van der Waals surface area contributed by atoms with Gasteiger partial charge in [-0.25, -0.2) is 4.79 Å². The lowest BCUT2D eigenvalue weighted by molar-refractivity contribution is -0.151. The molecule has 20 heavy (non-hydrogen) atoms. The molecule has 0 fully saturated rings. The van der Waals surface area contributed by atoms with Crippen molar-refractivity contribution in [1.29, 1.82) is 0 Å². The maximum atomic E-state index is 11.6. The summed E-state index contributed by atoms with van der Waals surface area (Å²) >= 11 is 1.68. The largest absolute Gasteiger partial charge is 0.464 e. The second kappa shape index (κ2) is 6.46. The van der Waals surface area contributed by atoms with Crippen molar-refractivity contribution < 1.29 is 14.3 Å². The van der Waals surface area contributed by atoms with Crippen LogP contribution in [0.2, 0.25) is 0 Å². The first-order chi connectivity index (χ1) is 9.51. The second-order valence-corrected chi connectivity index (χ2v) is 6.08. The van der Waals surface area contributed by atoms with Crippen molar-refractivity contribution in [3.63, 3.8) is 0 Å². The molecule has 1 aliphatic heterocycles. The van der Waals surface area contributed by atoms with Crippen LogP contribution in [0, 0.1) is 20.8 Å². The predicted molar refractivity (Wildman–Crippen MR) is 81.0 cm³/mol. The Balaban J connectivity index is 2.12. The van der Waals surface area contributed by atoms with Crippen LogP contribution in [0.1, 0.15) is 23.6 Å². The van der Waals surface area contributed by atoms with Gasteiger partial charge in [-0.3, -0.25) is 0 Å². The van der Waals surface area contributed by atoms with Crippen LogP contribution in [0.15, 0.2) is 28.0 Å². The van der Waals surface area contributed by atoms with E-state index in [-0.39, 0.29) is 5.97 Å². The third kappa shape index (κ3) is 3.44. The molecule has 1 aromatic carbocycles. The highest BCUT2D eigenvalue weighted by molar-refractivity contribution is 8.03. The molecule has 4 heteroatoms. The summed E-state index contributed by atoms with van der Waals surface area (Å²) in [5, 5.41) is 0. The lowest BCUT2D eigenvalue weighted by atomic mass is 10.1. The molecule has 0 amide bonds. The molecule has 0 bridgehead atoms. The number of carbonyl (C=O) groups excluding carboxylic acids is 1. The van der Waals surface area contributed by atoms with Crippen LogP contribution in [0.4, 0.5) is 0 Å². The summed E-state index contributed by atoms with van der Waals surface area (Å²) in [5.41, 5.74) is 3.78. The van der Waals surface area contributed by atoms with E-state index in [4.69, 9.17) is 9.47 Å². The van der Waals surface area contributed by atoms with E-state index in [1.165, 1.54) is 21.6 Å². The van der Waals surface area contributed by atoms with Gasteiger partial charge < -0.3 is 9.47 Å². The van der Waals surface area contributed by atoms with Crippen molar-refractivity contribution in [3.05, 3.63) is 39.8 Å². The van der Waals surface area contributed by atoms with Crippen LogP contribution < -0.4 is 0 Å². The van der Waals surface area contributed by atoms with Gasteiger partial charge >= 0.3 is 5.97 Å². The normalized spacial score (nSPS) is 18.0. The molecule has 108 valence electrons. The molecule has 1 aromatic rings. The smallest absolute Gasteiger partial charge is 0.339 e. The van der Waals surface area contributed by atoms with Gasteiger partial charge in [0, 0.05) is 9.80 Å². The standard InChI is InChI=1S/C16H20O3S/c1-5-18-16(17)14-8-13(9-19-14)20-15-11(3)6-10(2)7-12(15)4/h6-8,14H,5,9H2,1-4H3. The molecule has 1 heterocycles. The van der Waals surface area contributed by atoms with Crippen molar-refractivity contribution in [2.45, 2.75) is 38.7 Å². The Morgan fingerprint density at radius 2 is 2.00 bits per heavy atom. The Morgan fingerprint density at radius 1 is 1.35 bits per heavy atom. The van der Waals surface area contributed by atoms with Gasteiger partial charge in [0.2, 0.25) is 0 Å². The van der Waals surface area contributed by atoms with Gasteiger partial charge in [-0.15, -0.1) is 0 Å². The van der Waals surface area contributed by atoms with Crippen LogP contribution in [-0.2, 0) is 14.3 Å². The number of hydrogen-bond acceptors (Lipinski definition) is 4. The minimum atomic E-state index is -0.552.